The molecule has 2 aliphatic heterocycles. The molecule has 4 amide bonds. The van der Waals surface area contributed by atoms with Crippen molar-refractivity contribution in [3.63, 3.8) is 0 Å². The summed E-state index contributed by atoms with van der Waals surface area (Å²) in [5.74, 6) is -3.10. The molecule has 2 atom stereocenters. The molecule has 2 aliphatic rings. The molecule has 13 nitrogen and oxygen atoms in total. The van der Waals surface area contributed by atoms with Crippen LogP contribution in [0.15, 0.2) is 24.3 Å². The van der Waals surface area contributed by atoms with Gasteiger partial charge in [0.2, 0.25) is 11.8 Å². The third-order valence-electron chi connectivity index (χ3n) is 7.75. The van der Waals surface area contributed by atoms with Gasteiger partial charge in [-0.2, -0.15) is 0 Å². The summed E-state index contributed by atoms with van der Waals surface area (Å²) in [5, 5.41) is 14.5. The molecule has 0 spiro atoms. The van der Waals surface area contributed by atoms with E-state index in [-0.39, 0.29) is 29.7 Å². The van der Waals surface area contributed by atoms with Gasteiger partial charge < -0.3 is 35.0 Å². The van der Waals surface area contributed by atoms with E-state index >= 15 is 0 Å². The maximum Gasteiger partial charge on any atom is 0.410 e. The third kappa shape index (κ3) is 10.5. The van der Waals surface area contributed by atoms with Gasteiger partial charge in [-0.05, 0) is 83.1 Å². The van der Waals surface area contributed by atoms with Crippen LogP contribution in [0, 0.1) is 11.8 Å². The Kier molecular flexibility index (Phi) is 12.1. The van der Waals surface area contributed by atoms with Crippen molar-refractivity contribution in [2.24, 2.45) is 11.8 Å². The van der Waals surface area contributed by atoms with Gasteiger partial charge in [-0.15, -0.1) is 0 Å². The number of carboxylic acids is 1. The van der Waals surface area contributed by atoms with E-state index in [1.807, 2.05) is 20.8 Å². The van der Waals surface area contributed by atoms with E-state index in [9.17, 15) is 33.9 Å². The third-order valence-corrected chi connectivity index (χ3v) is 7.75. The number of aliphatic carboxylic acids is 1. The van der Waals surface area contributed by atoms with Gasteiger partial charge in [-0.25, -0.2) is 9.59 Å². The molecule has 2 saturated heterocycles. The Morgan fingerprint density at radius 3 is 2.16 bits per heavy atom. The van der Waals surface area contributed by atoms with Crippen molar-refractivity contribution in [2.75, 3.05) is 33.3 Å². The van der Waals surface area contributed by atoms with Crippen LogP contribution in [0.5, 0.6) is 0 Å². The predicted octanol–water partition coefficient (Wildman–Crippen LogP) is 2.79. The van der Waals surface area contributed by atoms with E-state index in [0.717, 1.165) is 12.8 Å². The summed E-state index contributed by atoms with van der Waals surface area (Å²) in [4.78, 5) is 77.7. The molecule has 2 heterocycles. The van der Waals surface area contributed by atoms with Crippen molar-refractivity contribution < 1.29 is 43.3 Å². The molecule has 0 unspecified atom stereocenters. The first-order valence-corrected chi connectivity index (χ1v) is 15.0. The second-order valence-corrected chi connectivity index (χ2v) is 12.3. The smallest absolute Gasteiger partial charge is 0.410 e. The predicted molar refractivity (Wildman–Crippen MR) is 159 cm³/mol. The fourth-order valence-corrected chi connectivity index (χ4v) is 5.35. The summed E-state index contributed by atoms with van der Waals surface area (Å²) >= 11 is 0. The molecule has 2 fully saturated rings. The molecule has 1 aromatic carbocycles. The number of hydrogen-bond acceptors (Lipinski definition) is 8. The topological polar surface area (TPSA) is 172 Å². The normalized spacial score (nSPS) is 18.1. The Morgan fingerprint density at radius 1 is 0.932 bits per heavy atom. The van der Waals surface area contributed by atoms with E-state index in [1.165, 1.54) is 31.4 Å². The Morgan fingerprint density at radius 2 is 1.57 bits per heavy atom. The zero-order valence-corrected chi connectivity index (χ0v) is 25.9. The number of carbonyl (C=O) groups is 6. The number of methoxy groups -OCH3 is 1. The summed E-state index contributed by atoms with van der Waals surface area (Å²) < 4.78 is 10.1. The number of likely N-dealkylation sites (tertiary alicyclic amines) is 2. The summed E-state index contributed by atoms with van der Waals surface area (Å²) in [6.45, 7) is 7.43. The number of ether oxygens (including phenoxy) is 2. The molecule has 0 saturated carbocycles. The van der Waals surface area contributed by atoms with E-state index in [0.29, 0.717) is 51.2 Å². The minimum absolute atomic E-state index is 0.0390. The maximum absolute atomic E-state index is 13.1. The lowest BCUT2D eigenvalue weighted by molar-refractivity contribution is -0.138. The van der Waals surface area contributed by atoms with Crippen LogP contribution in [0.3, 0.4) is 0 Å². The lowest BCUT2D eigenvalue weighted by Gasteiger charge is -2.35. The van der Waals surface area contributed by atoms with Gasteiger partial charge in [0, 0.05) is 38.2 Å². The van der Waals surface area contributed by atoms with Crippen LogP contribution in [0.25, 0.3) is 0 Å². The zero-order valence-electron chi connectivity index (χ0n) is 25.9. The quantitative estimate of drug-likeness (QED) is 0.264. The number of carboxylic acid groups (broad SMARTS) is 1. The van der Waals surface area contributed by atoms with Crippen LogP contribution in [0.2, 0.25) is 0 Å². The lowest BCUT2D eigenvalue weighted by Crippen LogP contribution is -2.53. The molecule has 3 N–H and O–H groups in total. The van der Waals surface area contributed by atoms with Crippen molar-refractivity contribution >= 4 is 35.8 Å². The van der Waals surface area contributed by atoms with Crippen molar-refractivity contribution in [1.82, 2.24) is 20.4 Å². The Labute approximate surface area is 257 Å². The van der Waals surface area contributed by atoms with Crippen molar-refractivity contribution in [1.29, 1.82) is 0 Å². The molecule has 13 heteroatoms. The van der Waals surface area contributed by atoms with Crippen molar-refractivity contribution in [2.45, 2.75) is 77.5 Å². The van der Waals surface area contributed by atoms with Gasteiger partial charge in [0.05, 0.1) is 25.0 Å². The zero-order chi connectivity index (χ0) is 32.4. The number of nitrogens with one attached hydrogen (secondary N) is 2. The first-order chi connectivity index (χ1) is 20.8. The number of nitrogens with zero attached hydrogens (tertiary/aromatic N) is 2. The van der Waals surface area contributed by atoms with Crippen molar-refractivity contribution in [3.05, 3.63) is 35.4 Å². The number of benzene rings is 1. The molecule has 3 rings (SSSR count). The lowest BCUT2D eigenvalue weighted by atomic mass is 9.91. The van der Waals surface area contributed by atoms with Gasteiger partial charge in [0.25, 0.3) is 5.91 Å². The first-order valence-electron chi connectivity index (χ1n) is 15.0. The number of carbonyl (C=O) groups excluding carboxylic acids is 5. The Balaban J connectivity index is 1.48. The fraction of sp³-hybridized carbons (Fsp3) is 0.613. The van der Waals surface area contributed by atoms with Gasteiger partial charge >= 0.3 is 18.0 Å². The molecule has 1 aromatic rings. The molecule has 0 aliphatic carbocycles. The maximum atomic E-state index is 13.1. The van der Waals surface area contributed by atoms with Crippen molar-refractivity contribution in [3.8, 4) is 0 Å². The van der Waals surface area contributed by atoms with Gasteiger partial charge in [-0.3, -0.25) is 19.2 Å². The summed E-state index contributed by atoms with van der Waals surface area (Å²) in [6, 6.07) is 5.62. The average Bonchev–Trinajstić information content (AvgIpc) is 2.98. The molecule has 44 heavy (non-hydrogen) atoms. The summed E-state index contributed by atoms with van der Waals surface area (Å²) in [5.41, 5.74) is -0.123. The van der Waals surface area contributed by atoms with Gasteiger partial charge in [0.1, 0.15) is 11.8 Å². The number of rotatable bonds is 10. The largest absolute Gasteiger partial charge is 0.481 e. The Bertz CT molecular complexity index is 1200. The van der Waals surface area contributed by atoms with Crippen LogP contribution in [-0.4, -0.2) is 95.7 Å². The number of amides is 4. The molecule has 242 valence electrons. The standard InChI is InChI=1S/C31H44N4O9/c1-31(2,3)44-30(42)34-16-13-20(14-17-34)7-12-25(36)35-15-5-6-23(19-35)28(40)33-24(18-26(37)38)32-27(39)21-8-10-22(11-9-21)29(41)43-4/h8-11,20,23-24H,5-7,12-19H2,1-4H3,(H,32,39)(H,33,40)(H,37,38)/t23-,24-/m1/s1. The summed E-state index contributed by atoms with van der Waals surface area (Å²) in [7, 11) is 1.24. The molecular formula is C31H44N4O9. The van der Waals surface area contributed by atoms with E-state index < -0.39 is 47.9 Å². The highest BCUT2D eigenvalue weighted by Gasteiger charge is 2.32. The second kappa shape index (κ2) is 15.5. The average molecular weight is 617 g/mol. The van der Waals surface area contributed by atoms with E-state index in [1.54, 1.807) is 9.80 Å². The van der Waals surface area contributed by atoms with Gasteiger partial charge in [-0.1, -0.05) is 0 Å². The number of hydrogen-bond donors (Lipinski definition) is 3. The number of piperidine rings is 2. The molecular weight excluding hydrogens is 572 g/mol. The van der Waals surface area contributed by atoms with E-state index in [4.69, 9.17) is 4.74 Å². The van der Waals surface area contributed by atoms with E-state index in [2.05, 4.69) is 15.4 Å². The van der Waals surface area contributed by atoms with Crippen LogP contribution in [0.4, 0.5) is 4.79 Å². The van der Waals surface area contributed by atoms with Crippen LogP contribution in [0.1, 0.15) is 86.4 Å². The highest BCUT2D eigenvalue weighted by Crippen LogP contribution is 2.25. The Hall–Kier alpha value is -4.16. The van der Waals surface area contributed by atoms with Crippen LogP contribution in [-0.2, 0) is 23.9 Å². The highest BCUT2D eigenvalue weighted by atomic mass is 16.6. The summed E-state index contributed by atoms with van der Waals surface area (Å²) in [6.07, 6.45) is 1.75. The van der Waals surface area contributed by atoms with Crippen LogP contribution < -0.4 is 10.6 Å². The fourth-order valence-electron chi connectivity index (χ4n) is 5.35. The SMILES string of the molecule is COC(=O)c1ccc(C(=O)N[C@@H](CC(=O)O)NC(=O)[C@@H]2CCCN(C(=O)CCC3CCN(C(=O)OC(C)(C)C)CC3)C2)cc1. The molecule has 0 radical (unpaired) electrons. The van der Waals surface area contributed by atoms with Gasteiger partial charge in [0.15, 0.2) is 0 Å². The monoisotopic (exact) mass is 616 g/mol. The molecule has 0 bridgehead atoms. The van der Waals surface area contributed by atoms with Crippen LogP contribution >= 0.6 is 0 Å². The minimum Gasteiger partial charge on any atom is -0.481 e. The second-order valence-electron chi connectivity index (χ2n) is 12.3. The first kappa shape index (κ1) is 34.3. The minimum atomic E-state index is -1.21. The molecule has 0 aromatic heterocycles. The highest BCUT2D eigenvalue weighted by molar-refractivity contribution is 5.96. The number of esters is 1.